The van der Waals surface area contributed by atoms with Gasteiger partial charge in [0.25, 0.3) is 0 Å². The molecule has 1 fully saturated rings. The predicted octanol–water partition coefficient (Wildman–Crippen LogP) is 2.40. The highest BCUT2D eigenvalue weighted by molar-refractivity contribution is 7.80. The molecule has 1 saturated heterocycles. The van der Waals surface area contributed by atoms with Crippen molar-refractivity contribution in [3.05, 3.63) is 54.1 Å². The fourth-order valence-corrected chi connectivity index (χ4v) is 3.69. The average Bonchev–Trinajstić information content (AvgIpc) is 2.77. The number of hydrogen-bond donors (Lipinski definition) is 2. The Morgan fingerprint density at radius 2 is 2.03 bits per heavy atom. The van der Waals surface area contributed by atoms with Crippen molar-refractivity contribution < 1.29 is 19.1 Å². The summed E-state index contributed by atoms with van der Waals surface area (Å²) in [5, 5.41) is 7.58. The van der Waals surface area contributed by atoms with E-state index in [-0.39, 0.29) is 17.4 Å². The fourth-order valence-electron chi connectivity index (χ4n) is 3.37. The van der Waals surface area contributed by atoms with Gasteiger partial charge in [0.15, 0.2) is 5.11 Å². The Balaban J connectivity index is 1.65. The summed E-state index contributed by atoms with van der Waals surface area (Å²) in [6.45, 7) is 2.96. The van der Waals surface area contributed by atoms with Gasteiger partial charge in [0.2, 0.25) is 11.8 Å². The lowest BCUT2D eigenvalue weighted by Gasteiger charge is -2.36. The largest absolute Gasteiger partial charge is 0.466 e. The Morgan fingerprint density at radius 1 is 1.26 bits per heavy atom. The van der Waals surface area contributed by atoms with E-state index >= 15 is 0 Å². The molecular formula is C23H25N3O4S. The highest BCUT2D eigenvalue weighted by atomic mass is 32.1. The maximum Gasteiger partial charge on any atom is 0.308 e. The van der Waals surface area contributed by atoms with Crippen molar-refractivity contribution in [3.8, 4) is 0 Å². The molecule has 2 amide bonds. The number of nitrogens with one attached hydrogen (secondary N) is 2. The van der Waals surface area contributed by atoms with E-state index in [0.29, 0.717) is 26.1 Å². The molecule has 0 saturated carbocycles. The molecule has 1 heterocycles. The SMILES string of the molecule is CCCOC(=O)CC1C(=O)NCCN1C(=S)NC(=O)C=Cc1cccc2ccccc12. The predicted molar refractivity (Wildman–Crippen MR) is 123 cm³/mol. The number of piperazine rings is 1. The summed E-state index contributed by atoms with van der Waals surface area (Å²) in [7, 11) is 0. The van der Waals surface area contributed by atoms with Crippen LogP contribution in [-0.2, 0) is 19.1 Å². The van der Waals surface area contributed by atoms with Gasteiger partial charge in [-0.2, -0.15) is 0 Å². The van der Waals surface area contributed by atoms with Gasteiger partial charge >= 0.3 is 5.97 Å². The third-order valence-electron chi connectivity index (χ3n) is 4.89. The first-order valence-electron chi connectivity index (χ1n) is 10.2. The topological polar surface area (TPSA) is 87.7 Å². The molecule has 8 heteroatoms. The van der Waals surface area contributed by atoms with Gasteiger partial charge in [-0.1, -0.05) is 49.4 Å². The Kier molecular flexibility index (Phi) is 7.72. The maximum atomic E-state index is 12.5. The summed E-state index contributed by atoms with van der Waals surface area (Å²) in [5.74, 6) is -1.20. The molecule has 7 nitrogen and oxygen atoms in total. The Labute approximate surface area is 186 Å². The minimum Gasteiger partial charge on any atom is -0.466 e. The van der Waals surface area contributed by atoms with Crippen LogP contribution < -0.4 is 10.6 Å². The van der Waals surface area contributed by atoms with Crippen molar-refractivity contribution in [2.45, 2.75) is 25.8 Å². The van der Waals surface area contributed by atoms with Gasteiger partial charge in [-0.05, 0) is 41.1 Å². The fraction of sp³-hybridized carbons (Fsp3) is 0.304. The van der Waals surface area contributed by atoms with Crippen LogP contribution in [0.15, 0.2) is 48.5 Å². The second-order valence-electron chi connectivity index (χ2n) is 7.12. The quantitative estimate of drug-likeness (QED) is 0.408. The van der Waals surface area contributed by atoms with Crippen molar-refractivity contribution in [1.82, 2.24) is 15.5 Å². The molecule has 0 bridgehead atoms. The van der Waals surface area contributed by atoms with E-state index in [1.165, 1.54) is 6.08 Å². The smallest absolute Gasteiger partial charge is 0.308 e. The minimum atomic E-state index is -0.812. The first-order chi connectivity index (χ1) is 15.0. The molecule has 0 radical (unpaired) electrons. The number of hydrogen-bond acceptors (Lipinski definition) is 5. The van der Waals surface area contributed by atoms with Crippen LogP contribution >= 0.6 is 12.2 Å². The zero-order valence-electron chi connectivity index (χ0n) is 17.3. The van der Waals surface area contributed by atoms with E-state index in [4.69, 9.17) is 17.0 Å². The first kappa shape index (κ1) is 22.4. The van der Waals surface area contributed by atoms with Gasteiger partial charge in [-0.15, -0.1) is 0 Å². The number of amides is 2. The monoisotopic (exact) mass is 439 g/mol. The van der Waals surface area contributed by atoms with E-state index in [9.17, 15) is 14.4 Å². The first-order valence-corrected chi connectivity index (χ1v) is 10.6. The maximum absolute atomic E-state index is 12.5. The van der Waals surface area contributed by atoms with Crippen LogP contribution in [0.3, 0.4) is 0 Å². The summed E-state index contributed by atoms with van der Waals surface area (Å²) in [4.78, 5) is 38.3. The summed E-state index contributed by atoms with van der Waals surface area (Å²) < 4.78 is 5.09. The number of carbonyl (C=O) groups excluding carboxylic acids is 3. The zero-order valence-corrected chi connectivity index (χ0v) is 18.1. The number of esters is 1. The lowest BCUT2D eigenvalue weighted by molar-refractivity contribution is -0.147. The van der Waals surface area contributed by atoms with Gasteiger partial charge in [-0.3, -0.25) is 19.7 Å². The second kappa shape index (κ2) is 10.7. The molecule has 1 aliphatic heterocycles. The van der Waals surface area contributed by atoms with E-state index in [0.717, 1.165) is 16.3 Å². The van der Waals surface area contributed by atoms with Crippen LogP contribution in [-0.4, -0.2) is 53.5 Å². The van der Waals surface area contributed by atoms with Crippen LogP contribution in [0.4, 0.5) is 0 Å². The van der Waals surface area contributed by atoms with Gasteiger partial charge in [0.05, 0.1) is 13.0 Å². The van der Waals surface area contributed by atoms with Gasteiger partial charge in [0.1, 0.15) is 6.04 Å². The zero-order chi connectivity index (χ0) is 22.2. The molecule has 0 aromatic heterocycles. The molecule has 2 aromatic rings. The summed E-state index contributed by atoms with van der Waals surface area (Å²) in [6, 6.07) is 13.0. The molecule has 1 aliphatic rings. The van der Waals surface area contributed by atoms with E-state index in [1.54, 1.807) is 11.0 Å². The molecular weight excluding hydrogens is 414 g/mol. The second-order valence-corrected chi connectivity index (χ2v) is 7.51. The van der Waals surface area contributed by atoms with Crippen LogP contribution in [0.1, 0.15) is 25.3 Å². The van der Waals surface area contributed by atoms with Gasteiger partial charge in [-0.25, -0.2) is 0 Å². The Morgan fingerprint density at radius 3 is 2.84 bits per heavy atom. The number of ether oxygens (including phenoxy) is 1. The summed E-state index contributed by atoms with van der Waals surface area (Å²) >= 11 is 5.36. The molecule has 3 rings (SSSR count). The Hall–Kier alpha value is -3.26. The number of nitrogens with zero attached hydrogens (tertiary/aromatic N) is 1. The standard InChI is InChI=1S/C23H25N3O4S/c1-2-14-30-21(28)15-19-22(29)24-12-13-26(19)23(31)25-20(27)11-10-17-8-5-7-16-6-3-4-9-18(16)17/h3-11,19H,2,12-15H2,1H3,(H,24,29)(H,25,27,31). The summed E-state index contributed by atoms with van der Waals surface area (Å²) in [6.07, 6.45) is 3.70. The number of fused-ring (bicyclic) bond motifs is 1. The van der Waals surface area contributed by atoms with Gasteiger partial charge in [0, 0.05) is 19.2 Å². The molecule has 2 aromatic carbocycles. The highest BCUT2D eigenvalue weighted by Gasteiger charge is 2.34. The van der Waals surface area contributed by atoms with Crippen molar-refractivity contribution in [2.75, 3.05) is 19.7 Å². The number of benzene rings is 2. The summed E-state index contributed by atoms with van der Waals surface area (Å²) in [5.41, 5.74) is 0.910. The molecule has 0 spiro atoms. The van der Waals surface area contributed by atoms with Crippen molar-refractivity contribution in [3.63, 3.8) is 0 Å². The van der Waals surface area contributed by atoms with Crippen LogP contribution in [0, 0.1) is 0 Å². The third-order valence-corrected chi connectivity index (χ3v) is 5.22. The number of carbonyl (C=O) groups is 3. The van der Waals surface area contributed by atoms with E-state index < -0.39 is 17.9 Å². The van der Waals surface area contributed by atoms with E-state index in [1.807, 2.05) is 49.4 Å². The number of rotatable bonds is 6. The van der Waals surface area contributed by atoms with Crippen molar-refractivity contribution >= 4 is 52.0 Å². The molecule has 1 atom stereocenters. The minimum absolute atomic E-state index is 0.107. The Bertz CT molecular complexity index is 1020. The third kappa shape index (κ3) is 5.88. The molecule has 0 aliphatic carbocycles. The molecule has 2 N–H and O–H groups in total. The number of thiocarbonyl (C=S) groups is 1. The highest BCUT2D eigenvalue weighted by Crippen LogP contribution is 2.19. The van der Waals surface area contributed by atoms with E-state index in [2.05, 4.69) is 10.6 Å². The lowest BCUT2D eigenvalue weighted by atomic mass is 10.0. The van der Waals surface area contributed by atoms with Crippen LogP contribution in [0.25, 0.3) is 16.8 Å². The van der Waals surface area contributed by atoms with Crippen LogP contribution in [0.2, 0.25) is 0 Å². The van der Waals surface area contributed by atoms with Gasteiger partial charge < -0.3 is 15.0 Å². The van der Waals surface area contributed by atoms with Crippen molar-refractivity contribution in [1.29, 1.82) is 0 Å². The average molecular weight is 440 g/mol. The molecule has 31 heavy (non-hydrogen) atoms. The van der Waals surface area contributed by atoms with Crippen molar-refractivity contribution in [2.24, 2.45) is 0 Å². The lowest BCUT2D eigenvalue weighted by Crippen LogP contribution is -2.60. The molecule has 1 unspecified atom stereocenters. The van der Waals surface area contributed by atoms with Crippen LogP contribution in [0.5, 0.6) is 0 Å². The molecule has 162 valence electrons. The normalized spacial score (nSPS) is 16.2.